The fraction of sp³-hybridized carbons (Fsp3) is 0.375. The Morgan fingerprint density at radius 2 is 2.00 bits per heavy atom. The van der Waals surface area contributed by atoms with E-state index < -0.39 is 5.97 Å². The molecule has 0 unspecified atom stereocenters. The Labute approximate surface area is 180 Å². The van der Waals surface area contributed by atoms with Gasteiger partial charge < -0.3 is 19.1 Å². The number of amides is 1. The van der Waals surface area contributed by atoms with Crippen LogP contribution in [0.3, 0.4) is 0 Å². The molecule has 1 fully saturated rings. The van der Waals surface area contributed by atoms with Crippen molar-refractivity contribution in [2.45, 2.75) is 19.4 Å². The molecule has 31 heavy (non-hydrogen) atoms. The predicted octanol–water partition coefficient (Wildman–Crippen LogP) is 3.45. The highest BCUT2D eigenvalue weighted by atomic mass is 16.7. The van der Waals surface area contributed by atoms with Crippen LogP contribution in [0.25, 0.3) is 0 Å². The number of carbonyl (C=O) groups excluding carboxylic acids is 2. The van der Waals surface area contributed by atoms with Crippen LogP contribution >= 0.6 is 0 Å². The Hall–Kier alpha value is -3.35. The van der Waals surface area contributed by atoms with Crippen LogP contribution in [0.2, 0.25) is 0 Å². The molecule has 3 atom stereocenters. The number of benzene rings is 1. The van der Waals surface area contributed by atoms with E-state index in [1.54, 1.807) is 0 Å². The third-order valence-corrected chi connectivity index (χ3v) is 6.43. The summed E-state index contributed by atoms with van der Waals surface area (Å²) in [6, 6.07) is 7.25. The van der Waals surface area contributed by atoms with E-state index in [9.17, 15) is 9.59 Å². The Morgan fingerprint density at radius 3 is 2.77 bits per heavy atom. The van der Waals surface area contributed by atoms with Crippen LogP contribution in [0.5, 0.6) is 11.5 Å². The molecule has 3 aliphatic rings. The molecule has 2 bridgehead atoms. The number of methoxy groups -OCH3 is 1. The minimum absolute atomic E-state index is 0.205. The molecular weight excluding hydrogens is 396 g/mol. The Morgan fingerprint density at radius 1 is 1.13 bits per heavy atom. The average Bonchev–Trinajstić information content (AvgIpc) is 3.54. The molecule has 1 aromatic heterocycles. The van der Waals surface area contributed by atoms with Crippen molar-refractivity contribution in [2.75, 3.05) is 20.4 Å². The first-order valence-corrected chi connectivity index (χ1v) is 10.5. The summed E-state index contributed by atoms with van der Waals surface area (Å²) in [4.78, 5) is 31.8. The number of nitrogens with zero attached hydrogens (tertiary/aromatic N) is 2. The number of esters is 1. The van der Waals surface area contributed by atoms with E-state index in [1.807, 2.05) is 23.1 Å². The molecule has 2 aliphatic carbocycles. The second-order valence-corrected chi connectivity index (χ2v) is 8.33. The van der Waals surface area contributed by atoms with Gasteiger partial charge in [0.25, 0.3) is 5.91 Å². The van der Waals surface area contributed by atoms with Crippen molar-refractivity contribution >= 4 is 11.9 Å². The van der Waals surface area contributed by atoms with E-state index in [1.165, 1.54) is 25.6 Å². The van der Waals surface area contributed by atoms with Gasteiger partial charge in [-0.2, -0.15) is 0 Å². The van der Waals surface area contributed by atoms with E-state index in [-0.39, 0.29) is 23.8 Å². The van der Waals surface area contributed by atoms with Crippen LogP contribution in [0, 0.1) is 17.8 Å². The molecule has 2 aromatic rings. The smallest absolute Gasteiger partial charge is 0.338 e. The van der Waals surface area contributed by atoms with E-state index in [0.717, 1.165) is 18.4 Å². The lowest BCUT2D eigenvalue weighted by Gasteiger charge is -2.29. The summed E-state index contributed by atoms with van der Waals surface area (Å²) in [5.74, 6) is 2.15. The van der Waals surface area contributed by atoms with Crippen molar-refractivity contribution in [3.63, 3.8) is 0 Å². The molecule has 0 spiro atoms. The van der Waals surface area contributed by atoms with Gasteiger partial charge >= 0.3 is 5.97 Å². The monoisotopic (exact) mass is 420 g/mol. The Bertz CT molecular complexity index is 1050. The zero-order valence-electron chi connectivity index (χ0n) is 17.3. The minimum atomic E-state index is -0.545. The van der Waals surface area contributed by atoms with Gasteiger partial charge in [-0.15, -0.1) is 0 Å². The van der Waals surface area contributed by atoms with Crippen LogP contribution < -0.4 is 9.47 Å². The molecule has 1 amide bonds. The number of carbonyl (C=O) groups is 2. The molecule has 160 valence electrons. The third kappa shape index (κ3) is 3.76. The second kappa shape index (κ2) is 8.06. The van der Waals surface area contributed by atoms with Gasteiger partial charge in [0.2, 0.25) is 6.79 Å². The molecule has 1 aromatic carbocycles. The molecule has 5 rings (SSSR count). The maximum Gasteiger partial charge on any atom is 0.338 e. The molecule has 1 saturated carbocycles. The largest absolute Gasteiger partial charge is 0.465 e. The zero-order valence-corrected chi connectivity index (χ0v) is 17.3. The third-order valence-electron chi connectivity index (χ3n) is 6.43. The molecule has 7 heteroatoms. The molecule has 0 radical (unpaired) electrons. The topological polar surface area (TPSA) is 78.0 Å². The SMILES string of the molecule is COC(=O)c1ccncc1C(=O)N(Cc1ccc2c(c1)OCO2)C[C@H]1C[C@H]2C=C[C@@H]1C2. The van der Waals surface area contributed by atoms with Crippen molar-refractivity contribution in [2.24, 2.45) is 17.8 Å². The van der Waals surface area contributed by atoms with Crippen molar-refractivity contribution in [1.82, 2.24) is 9.88 Å². The fourth-order valence-electron chi connectivity index (χ4n) is 4.89. The first-order chi connectivity index (χ1) is 15.1. The van der Waals surface area contributed by atoms with E-state index in [4.69, 9.17) is 14.2 Å². The molecule has 0 saturated heterocycles. The van der Waals surface area contributed by atoms with Gasteiger partial charge in [-0.05, 0) is 54.4 Å². The lowest BCUT2D eigenvalue weighted by Crippen LogP contribution is -2.37. The van der Waals surface area contributed by atoms with Crippen molar-refractivity contribution in [3.8, 4) is 11.5 Å². The predicted molar refractivity (Wildman–Crippen MR) is 112 cm³/mol. The molecular formula is C24H24N2O5. The molecule has 1 aliphatic heterocycles. The van der Waals surface area contributed by atoms with Gasteiger partial charge in [-0.25, -0.2) is 4.79 Å². The summed E-state index contributed by atoms with van der Waals surface area (Å²) in [5.41, 5.74) is 1.43. The Balaban J connectivity index is 1.44. The van der Waals surface area contributed by atoms with E-state index in [0.29, 0.717) is 42.3 Å². The summed E-state index contributed by atoms with van der Waals surface area (Å²) in [6.07, 6.45) is 9.77. The molecule has 2 heterocycles. The highest BCUT2D eigenvalue weighted by molar-refractivity contribution is 6.05. The van der Waals surface area contributed by atoms with Crippen LogP contribution in [0.15, 0.2) is 48.8 Å². The molecule has 7 nitrogen and oxygen atoms in total. The number of allylic oxidation sites excluding steroid dienone is 2. The van der Waals surface area contributed by atoms with Crippen LogP contribution in [0.4, 0.5) is 0 Å². The highest BCUT2D eigenvalue weighted by Gasteiger charge is 2.37. The number of hydrogen-bond acceptors (Lipinski definition) is 6. The van der Waals surface area contributed by atoms with Gasteiger partial charge in [-0.1, -0.05) is 18.2 Å². The van der Waals surface area contributed by atoms with Gasteiger partial charge in [0.15, 0.2) is 11.5 Å². The minimum Gasteiger partial charge on any atom is -0.465 e. The van der Waals surface area contributed by atoms with Gasteiger partial charge in [0, 0.05) is 25.5 Å². The van der Waals surface area contributed by atoms with Crippen LogP contribution in [-0.4, -0.2) is 42.2 Å². The number of hydrogen-bond donors (Lipinski definition) is 0. The van der Waals surface area contributed by atoms with Gasteiger partial charge in [0.1, 0.15) is 0 Å². The number of rotatable bonds is 6. The summed E-state index contributed by atoms with van der Waals surface area (Å²) in [7, 11) is 1.31. The number of aromatic nitrogens is 1. The lowest BCUT2D eigenvalue weighted by atomic mass is 9.92. The first kappa shape index (κ1) is 19.6. The Kier molecular flexibility index (Phi) is 5.10. The van der Waals surface area contributed by atoms with Crippen molar-refractivity contribution in [1.29, 1.82) is 0 Å². The summed E-state index contributed by atoms with van der Waals surface area (Å²) in [5, 5.41) is 0. The highest BCUT2D eigenvalue weighted by Crippen LogP contribution is 2.44. The van der Waals surface area contributed by atoms with Crippen LogP contribution in [0.1, 0.15) is 39.1 Å². The van der Waals surface area contributed by atoms with Crippen LogP contribution in [-0.2, 0) is 11.3 Å². The second-order valence-electron chi connectivity index (χ2n) is 8.33. The number of pyridine rings is 1. The standard InChI is InChI=1S/C24H24N2O5/c1-29-24(28)19-6-7-25-11-20(19)23(27)26(13-18-9-15-2-4-17(18)8-15)12-16-3-5-21-22(10-16)31-14-30-21/h2-7,10-11,15,17-18H,8-9,12-14H2,1H3/t15-,17+,18+/m0/s1. The van der Waals surface area contributed by atoms with E-state index in [2.05, 4.69) is 17.1 Å². The number of fused-ring (bicyclic) bond motifs is 3. The van der Waals surface area contributed by atoms with Crippen molar-refractivity contribution in [3.05, 3.63) is 65.5 Å². The average molecular weight is 420 g/mol. The maximum atomic E-state index is 13.6. The van der Waals surface area contributed by atoms with Crippen molar-refractivity contribution < 1.29 is 23.8 Å². The first-order valence-electron chi connectivity index (χ1n) is 10.5. The normalized spacial score (nSPS) is 22.5. The fourth-order valence-corrected chi connectivity index (χ4v) is 4.89. The maximum absolute atomic E-state index is 13.6. The molecule has 0 N–H and O–H groups in total. The van der Waals surface area contributed by atoms with E-state index >= 15 is 0 Å². The zero-order chi connectivity index (χ0) is 21.4. The number of ether oxygens (including phenoxy) is 3. The summed E-state index contributed by atoms with van der Waals surface area (Å²) in [6.45, 7) is 1.23. The van der Waals surface area contributed by atoms with Gasteiger partial charge in [0.05, 0.1) is 18.2 Å². The van der Waals surface area contributed by atoms with Gasteiger partial charge in [-0.3, -0.25) is 9.78 Å². The summed E-state index contributed by atoms with van der Waals surface area (Å²) < 4.78 is 15.8. The lowest BCUT2D eigenvalue weighted by molar-refractivity contribution is 0.0585. The quantitative estimate of drug-likeness (QED) is 0.526. The summed E-state index contributed by atoms with van der Waals surface area (Å²) >= 11 is 0.